The summed E-state index contributed by atoms with van der Waals surface area (Å²) in [6.45, 7) is 2.06. The molecule has 0 atom stereocenters. The quantitative estimate of drug-likeness (QED) is 0.814. The molecule has 1 aliphatic heterocycles. The summed E-state index contributed by atoms with van der Waals surface area (Å²) in [6.07, 6.45) is 8.15. The number of hydrogen-bond acceptors (Lipinski definition) is 2. The van der Waals surface area contributed by atoms with Crippen molar-refractivity contribution in [3.8, 4) is 0 Å². The Morgan fingerprint density at radius 1 is 1.04 bits per heavy atom. The predicted molar refractivity (Wildman–Crippen MR) is 94.1 cm³/mol. The van der Waals surface area contributed by atoms with E-state index in [-0.39, 0.29) is 11.8 Å². The van der Waals surface area contributed by atoms with E-state index in [1.807, 2.05) is 17.0 Å². The van der Waals surface area contributed by atoms with Gasteiger partial charge in [0.1, 0.15) is 0 Å². The van der Waals surface area contributed by atoms with Crippen LogP contribution in [-0.4, -0.2) is 23.3 Å². The van der Waals surface area contributed by atoms with E-state index in [9.17, 15) is 9.59 Å². The standard InChI is InChI=1S/C20H28N2O2/c23-19(13-16-7-2-1-3-8-16)21-12-6-11-20(24)22-14-17-9-4-5-10-18(17)15-22/h4-5,9-10,16H,1-3,6-8,11-15H2,(H,21,23). The van der Waals surface area contributed by atoms with E-state index >= 15 is 0 Å². The van der Waals surface area contributed by atoms with Crippen LogP contribution < -0.4 is 5.32 Å². The molecule has 1 N–H and O–H groups in total. The van der Waals surface area contributed by atoms with Crippen LogP contribution >= 0.6 is 0 Å². The predicted octanol–water partition coefficient (Wildman–Crippen LogP) is 3.40. The maximum atomic E-state index is 12.3. The summed E-state index contributed by atoms with van der Waals surface area (Å²) >= 11 is 0. The van der Waals surface area contributed by atoms with Gasteiger partial charge in [0.05, 0.1) is 0 Å². The third-order valence-electron chi connectivity index (χ3n) is 5.28. The van der Waals surface area contributed by atoms with Crippen molar-refractivity contribution < 1.29 is 9.59 Å². The summed E-state index contributed by atoms with van der Waals surface area (Å²) in [5, 5.41) is 2.98. The lowest BCUT2D eigenvalue weighted by atomic mass is 9.87. The van der Waals surface area contributed by atoms with Crippen LogP contribution in [0.25, 0.3) is 0 Å². The molecule has 2 amide bonds. The molecule has 1 aliphatic carbocycles. The average molecular weight is 328 g/mol. The second kappa shape index (κ2) is 8.32. The second-order valence-electron chi connectivity index (χ2n) is 7.18. The molecule has 4 nitrogen and oxygen atoms in total. The Morgan fingerprint density at radius 2 is 1.71 bits per heavy atom. The molecule has 0 spiro atoms. The molecule has 1 fully saturated rings. The fourth-order valence-corrected chi connectivity index (χ4v) is 3.86. The Kier molecular flexibility index (Phi) is 5.89. The molecule has 3 rings (SSSR count). The van der Waals surface area contributed by atoms with Gasteiger partial charge in [-0.05, 0) is 36.3 Å². The molecule has 2 aliphatic rings. The smallest absolute Gasteiger partial charge is 0.223 e. The summed E-state index contributed by atoms with van der Waals surface area (Å²) in [4.78, 5) is 26.2. The van der Waals surface area contributed by atoms with Gasteiger partial charge in [0.25, 0.3) is 0 Å². The minimum absolute atomic E-state index is 0.155. The van der Waals surface area contributed by atoms with Gasteiger partial charge in [-0.25, -0.2) is 0 Å². The second-order valence-corrected chi connectivity index (χ2v) is 7.18. The molecule has 0 unspecified atom stereocenters. The van der Waals surface area contributed by atoms with Crippen molar-refractivity contribution >= 4 is 11.8 Å². The topological polar surface area (TPSA) is 49.4 Å². The number of nitrogens with one attached hydrogen (secondary N) is 1. The summed E-state index contributed by atoms with van der Waals surface area (Å²) in [5.74, 6) is 0.916. The molecule has 0 aromatic heterocycles. The van der Waals surface area contributed by atoms with Gasteiger partial charge < -0.3 is 10.2 Å². The number of nitrogens with zero attached hydrogens (tertiary/aromatic N) is 1. The van der Waals surface area contributed by atoms with Crippen molar-refractivity contribution in [2.75, 3.05) is 6.54 Å². The van der Waals surface area contributed by atoms with E-state index < -0.39 is 0 Å². The van der Waals surface area contributed by atoms with Crippen molar-refractivity contribution in [3.05, 3.63) is 35.4 Å². The van der Waals surface area contributed by atoms with Gasteiger partial charge in [-0.2, -0.15) is 0 Å². The van der Waals surface area contributed by atoms with Gasteiger partial charge in [0, 0.05) is 32.5 Å². The van der Waals surface area contributed by atoms with Gasteiger partial charge in [-0.1, -0.05) is 43.5 Å². The summed E-state index contributed by atoms with van der Waals surface area (Å²) in [7, 11) is 0. The van der Waals surface area contributed by atoms with Gasteiger partial charge in [0.2, 0.25) is 11.8 Å². The first-order valence-electron chi connectivity index (χ1n) is 9.33. The average Bonchev–Trinajstić information content (AvgIpc) is 3.04. The number of carbonyl (C=O) groups excluding carboxylic acids is 2. The van der Waals surface area contributed by atoms with Crippen LogP contribution in [0.5, 0.6) is 0 Å². The lowest BCUT2D eigenvalue weighted by molar-refractivity contribution is -0.132. The van der Waals surface area contributed by atoms with Crippen LogP contribution in [0.4, 0.5) is 0 Å². The Labute approximate surface area is 144 Å². The summed E-state index contributed by atoms with van der Waals surface area (Å²) < 4.78 is 0. The lowest BCUT2D eigenvalue weighted by Gasteiger charge is -2.20. The number of benzene rings is 1. The van der Waals surface area contributed by atoms with E-state index in [1.165, 1.54) is 43.2 Å². The van der Waals surface area contributed by atoms with Crippen molar-refractivity contribution in [1.82, 2.24) is 10.2 Å². The van der Waals surface area contributed by atoms with Crippen LogP contribution in [0.2, 0.25) is 0 Å². The van der Waals surface area contributed by atoms with Crippen LogP contribution in [0, 0.1) is 5.92 Å². The summed E-state index contributed by atoms with van der Waals surface area (Å²) in [6, 6.07) is 8.23. The number of rotatable bonds is 6. The SMILES string of the molecule is O=C(CC1CCCCC1)NCCCC(=O)N1Cc2ccccc2C1. The van der Waals surface area contributed by atoms with Gasteiger partial charge in [-0.15, -0.1) is 0 Å². The van der Waals surface area contributed by atoms with E-state index in [0.717, 1.165) is 19.5 Å². The van der Waals surface area contributed by atoms with E-state index in [4.69, 9.17) is 0 Å². The largest absolute Gasteiger partial charge is 0.356 e. The zero-order valence-electron chi connectivity index (χ0n) is 14.4. The number of hydrogen-bond donors (Lipinski definition) is 1. The van der Waals surface area contributed by atoms with E-state index in [0.29, 0.717) is 25.3 Å². The van der Waals surface area contributed by atoms with Gasteiger partial charge in [-0.3, -0.25) is 9.59 Å². The number of amides is 2. The maximum Gasteiger partial charge on any atom is 0.223 e. The highest BCUT2D eigenvalue weighted by Crippen LogP contribution is 2.26. The van der Waals surface area contributed by atoms with Gasteiger partial charge >= 0.3 is 0 Å². The first-order valence-corrected chi connectivity index (χ1v) is 9.33. The Hall–Kier alpha value is -1.84. The Balaban J connectivity index is 1.31. The molecule has 24 heavy (non-hydrogen) atoms. The van der Waals surface area contributed by atoms with Gasteiger partial charge in [0.15, 0.2) is 0 Å². The molecule has 0 bridgehead atoms. The minimum atomic E-state index is 0.155. The summed E-state index contributed by atoms with van der Waals surface area (Å²) in [5.41, 5.74) is 2.51. The fourth-order valence-electron chi connectivity index (χ4n) is 3.86. The zero-order valence-corrected chi connectivity index (χ0v) is 14.4. The molecule has 0 saturated heterocycles. The number of carbonyl (C=O) groups is 2. The van der Waals surface area contributed by atoms with Crippen molar-refractivity contribution in [1.29, 1.82) is 0 Å². The highest BCUT2D eigenvalue weighted by atomic mass is 16.2. The first kappa shape index (κ1) is 17.0. The maximum absolute atomic E-state index is 12.3. The molecular weight excluding hydrogens is 300 g/mol. The lowest BCUT2D eigenvalue weighted by Crippen LogP contribution is -2.29. The molecule has 1 aromatic carbocycles. The van der Waals surface area contributed by atoms with Crippen LogP contribution in [-0.2, 0) is 22.7 Å². The minimum Gasteiger partial charge on any atom is -0.356 e. The zero-order chi connectivity index (χ0) is 16.8. The first-order chi connectivity index (χ1) is 11.7. The monoisotopic (exact) mass is 328 g/mol. The molecular formula is C20H28N2O2. The molecule has 1 saturated carbocycles. The highest BCUT2D eigenvalue weighted by molar-refractivity contribution is 5.77. The van der Waals surface area contributed by atoms with Crippen LogP contribution in [0.1, 0.15) is 62.5 Å². The molecule has 4 heteroatoms. The Bertz CT molecular complexity index is 554. The van der Waals surface area contributed by atoms with E-state index in [2.05, 4.69) is 17.4 Å². The van der Waals surface area contributed by atoms with Crippen LogP contribution in [0.15, 0.2) is 24.3 Å². The van der Waals surface area contributed by atoms with E-state index in [1.54, 1.807) is 0 Å². The van der Waals surface area contributed by atoms with Crippen molar-refractivity contribution in [3.63, 3.8) is 0 Å². The highest BCUT2D eigenvalue weighted by Gasteiger charge is 2.22. The molecule has 130 valence electrons. The normalized spacial score (nSPS) is 17.6. The third-order valence-corrected chi connectivity index (χ3v) is 5.28. The van der Waals surface area contributed by atoms with Crippen LogP contribution in [0.3, 0.4) is 0 Å². The molecule has 1 aromatic rings. The Morgan fingerprint density at radius 3 is 2.38 bits per heavy atom. The molecule has 0 radical (unpaired) electrons. The molecule has 1 heterocycles. The van der Waals surface area contributed by atoms with Crippen molar-refractivity contribution in [2.24, 2.45) is 5.92 Å². The third kappa shape index (κ3) is 4.59. The number of fused-ring (bicyclic) bond motifs is 1. The van der Waals surface area contributed by atoms with Crippen molar-refractivity contribution in [2.45, 2.75) is 64.5 Å². The fraction of sp³-hybridized carbons (Fsp3) is 0.600.